The number of pyridine rings is 1. The Balaban J connectivity index is 1.37. The number of piperidine rings is 2. The van der Waals surface area contributed by atoms with Crippen LogP contribution >= 0.6 is 0 Å². The predicted octanol–water partition coefficient (Wildman–Crippen LogP) is 2.02. The van der Waals surface area contributed by atoms with E-state index >= 15 is 0 Å². The fraction of sp³-hybridized carbons (Fsp3) is 0.550. The smallest absolute Gasteiger partial charge is 0.227 e. The topological polar surface area (TPSA) is 74.6 Å². The Kier molecular flexibility index (Phi) is 5.79. The molecule has 4 heterocycles. The quantitative estimate of drug-likeness (QED) is 0.864. The first-order chi connectivity index (χ1) is 13.3. The lowest BCUT2D eigenvalue weighted by Crippen LogP contribution is -2.41. The van der Waals surface area contributed by atoms with Crippen molar-refractivity contribution in [3.63, 3.8) is 0 Å². The molecule has 2 aliphatic rings. The molecule has 2 fully saturated rings. The summed E-state index contributed by atoms with van der Waals surface area (Å²) < 4.78 is 6.08. The van der Waals surface area contributed by atoms with Gasteiger partial charge in [0.05, 0.1) is 24.5 Å². The summed E-state index contributed by atoms with van der Waals surface area (Å²) in [7, 11) is 0. The molecule has 0 amide bonds. The summed E-state index contributed by atoms with van der Waals surface area (Å²) in [5, 5.41) is 9.71. The zero-order valence-electron chi connectivity index (χ0n) is 15.6. The molecule has 27 heavy (non-hydrogen) atoms. The fourth-order valence-electron chi connectivity index (χ4n) is 3.71. The van der Waals surface area contributed by atoms with E-state index in [2.05, 4.69) is 19.8 Å². The van der Waals surface area contributed by atoms with Crippen LogP contribution in [0.1, 0.15) is 31.4 Å². The molecule has 4 rings (SSSR count). The molecule has 1 atom stereocenters. The largest absolute Gasteiger partial charge is 0.393 e. The maximum Gasteiger partial charge on any atom is 0.227 e. The van der Waals surface area contributed by atoms with Crippen molar-refractivity contribution in [2.45, 2.75) is 44.5 Å². The maximum absolute atomic E-state index is 9.71. The van der Waals surface area contributed by atoms with Crippen LogP contribution in [0, 0.1) is 0 Å². The van der Waals surface area contributed by atoms with Crippen LogP contribution in [0.2, 0.25) is 0 Å². The molecule has 0 spiro atoms. The minimum Gasteiger partial charge on any atom is -0.393 e. The molecule has 0 aromatic carbocycles. The standard InChI is InChI=1S/C20H27N5O2/c26-17-7-12-24(13-8-17)19-6-10-22-20(23-19)25-11-3-5-18(14-25)27-15-16-4-1-2-9-21-16/h1-2,4,6,9-10,17-18,26H,3,5,7-8,11-15H2/t18-/m0/s1. The Morgan fingerprint density at radius 1 is 1.00 bits per heavy atom. The molecule has 144 valence electrons. The van der Waals surface area contributed by atoms with Crippen LogP contribution in [-0.2, 0) is 11.3 Å². The van der Waals surface area contributed by atoms with E-state index in [9.17, 15) is 5.11 Å². The van der Waals surface area contributed by atoms with Gasteiger partial charge in [-0.1, -0.05) is 6.07 Å². The Hall–Kier alpha value is -2.25. The number of rotatable bonds is 5. The number of aromatic nitrogens is 3. The van der Waals surface area contributed by atoms with Gasteiger partial charge in [0.15, 0.2) is 0 Å². The van der Waals surface area contributed by atoms with E-state index in [1.54, 1.807) is 6.20 Å². The number of aliphatic hydroxyl groups is 1. The van der Waals surface area contributed by atoms with Crippen molar-refractivity contribution in [1.82, 2.24) is 15.0 Å². The summed E-state index contributed by atoms with van der Waals surface area (Å²) >= 11 is 0. The van der Waals surface area contributed by atoms with E-state index in [4.69, 9.17) is 9.72 Å². The first-order valence-electron chi connectivity index (χ1n) is 9.80. The van der Waals surface area contributed by atoms with Gasteiger partial charge in [-0.25, -0.2) is 4.98 Å². The first kappa shape index (κ1) is 18.1. The number of aliphatic hydroxyl groups excluding tert-OH is 1. The van der Waals surface area contributed by atoms with Crippen molar-refractivity contribution in [2.24, 2.45) is 0 Å². The van der Waals surface area contributed by atoms with Crippen LogP contribution in [-0.4, -0.2) is 58.4 Å². The summed E-state index contributed by atoms with van der Waals surface area (Å²) in [5.74, 6) is 1.72. The second-order valence-corrected chi connectivity index (χ2v) is 7.28. The normalized spacial score (nSPS) is 21.4. The summed E-state index contributed by atoms with van der Waals surface area (Å²) in [6, 6.07) is 7.85. The van der Waals surface area contributed by atoms with Crippen molar-refractivity contribution < 1.29 is 9.84 Å². The van der Waals surface area contributed by atoms with E-state index in [0.29, 0.717) is 6.61 Å². The van der Waals surface area contributed by atoms with E-state index in [1.165, 1.54) is 0 Å². The third kappa shape index (κ3) is 4.73. The summed E-state index contributed by atoms with van der Waals surface area (Å²) in [5.41, 5.74) is 0.958. The van der Waals surface area contributed by atoms with Crippen LogP contribution in [0.15, 0.2) is 36.7 Å². The number of hydrogen-bond acceptors (Lipinski definition) is 7. The minimum absolute atomic E-state index is 0.165. The van der Waals surface area contributed by atoms with E-state index < -0.39 is 0 Å². The maximum atomic E-state index is 9.71. The Morgan fingerprint density at radius 3 is 2.70 bits per heavy atom. The van der Waals surface area contributed by atoms with Gasteiger partial charge in [0, 0.05) is 38.6 Å². The molecular weight excluding hydrogens is 342 g/mol. The molecule has 2 aliphatic heterocycles. The molecule has 7 nitrogen and oxygen atoms in total. The summed E-state index contributed by atoms with van der Waals surface area (Å²) in [6.45, 7) is 3.97. The van der Waals surface area contributed by atoms with Crippen molar-refractivity contribution in [3.8, 4) is 0 Å². The third-order valence-electron chi connectivity index (χ3n) is 5.27. The zero-order valence-corrected chi connectivity index (χ0v) is 15.6. The van der Waals surface area contributed by atoms with Gasteiger partial charge in [-0.3, -0.25) is 4.98 Å². The van der Waals surface area contributed by atoms with Crippen LogP contribution in [0.5, 0.6) is 0 Å². The highest BCUT2D eigenvalue weighted by molar-refractivity contribution is 5.44. The average molecular weight is 369 g/mol. The average Bonchev–Trinajstić information content (AvgIpc) is 2.74. The fourth-order valence-corrected chi connectivity index (χ4v) is 3.71. The highest BCUT2D eigenvalue weighted by Crippen LogP contribution is 2.23. The van der Waals surface area contributed by atoms with Crippen molar-refractivity contribution in [2.75, 3.05) is 36.0 Å². The molecule has 2 saturated heterocycles. The van der Waals surface area contributed by atoms with Crippen molar-refractivity contribution in [3.05, 3.63) is 42.4 Å². The molecule has 2 aromatic rings. The highest BCUT2D eigenvalue weighted by Gasteiger charge is 2.24. The van der Waals surface area contributed by atoms with Gasteiger partial charge in [-0.05, 0) is 43.9 Å². The molecule has 0 bridgehead atoms. The molecule has 0 unspecified atom stereocenters. The van der Waals surface area contributed by atoms with Gasteiger partial charge >= 0.3 is 0 Å². The van der Waals surface area contributed by atoms with Crippen LogP contribution < -0.4 is 9.80 Å². The van der Waals surface area contributed by atoms with Crippen LogP contribution in [0.4, 0.5) is 11.8 Å². The number of nitrogens with zero attached hydrogens (tertiary/aromatic N) is 5. The molecule has 1 N–H and O–H groups in total. The molecule has 0 saturated carbocycles. The van der Waals surface area contributed by atoms with Gasteiger partial charge in [-0.15, -0.1) is 0 Å². The molecule has 0 aliphatic carbocycles. The minimum atomic E-state index is -0.179. The van der Waals surface area contributed by atoms with Gasteiger partial charge < -0.3 is 19.6 Å². The second-order valence-electron chi connectivity index (χ2n) is 7.28. The lowest BCUT2D eigenvalue weighted by molar-refractivity contribution is 0.0295. The van der Waals surface area contributed by atoms with Crippen molar-refractivity contribution >= 4 is 11.8 Å². The van der Waals surface area contributed by atoms with E-state index in [1.807, 2.05) is 30.5 Å². The SMILES string of the molecule is OC1CCN(c2ccnc(N3CCC[C@H](OCc4ccccn4)C3)n2)CC1. The molecule has 7 heteroatoms. The Labute approximate surface area is 160 Å². The highest BCUT2D eigenvalue weighted by atomic mass is 16.5. The van der Waals surface area contributed by atoms with Gasteiger partial charge in [0.25, 0.3) is 0 Å². The summed E-state index contributed by atoms with van der Waals surface area (Å²) in [4.78, 5) is 18.1. The number of anilines is 2. The van der Waals surface area contributed by atoms with E-state index in [-0.39, 0.29) is 12.2 Å². The zero-order chi connectivity index (χ0) is 18.5. The third-order valence-corrected chi connectivity index (χ3v) is 5.27. The van der Waals surface area contributed by atoms with Crippen LogP contribution in [0.25, 0.3) is 0 Å². The van der Waals surface area contributed by atoms with E-state index in [0.717, 1.165) is 69.3 Å². The lowest BCUT2D eigenvalue weighted by atomic mass is 10.1. The Bertz CT molecular complexity index is 721. The number of ether oxygens (including phenoxy) is 1. The molecule has 0 radical (unpaired) electrons. The van der Waals surface area contributed by atoms with Gasteiger partial charge in [0.1, 0.15) is 5.82 Å². The Morgan fingerprint density at radius 2 is 1.89 bits per heavy atom. The molecule has 2 aromatic heterocycles. The monoisotopic (exact) mass is 369 g/mol. The van der Waals surface area contributed by atoms with Crippen molar-refractivity contribution in [1.29, 1.82) is 0 Å². The second kappa shape index (κ2) is 8.63. The van der Waals surface area contributed by atoms with Gasteiger partial charge in [-0.2, -0.15) is 4.98 Å². The predicted molar refractivity (Wildman–Crippen MR) is 104 cm³/mol. The lowest BCUT2D eigenvalue weighted by Gasteiger charge is -2.34. The molecular formula is C20H27N5O2. The van der Waals surface area contributed by atoms with Gasteiger partial charge in [0.2, 0.25) is 5.95 Å². The van der Waals surface area contributed by atoms with Crippen LogP contribution in [0.3, 0.4) is 0 Å². The first-order valence-corrected chi connectivity index (χ1v) is 9.80. The number of hydrogen-bond donors (Lipinski definition) is 1. The summed E-state index contributed by atoms with van der Waals surface area (Å²) in [6.07, 6.45) is 7.33.